The van der Waals surface area contributed by atoms with Crippen LogP contribution in [-0.4, -0.2) is 58.9 Å². The summed E-state index contributed by atoms with van der Waals surface area (Å²) < 4.78 is 5.83. The van der Waals surface area contributed by atoms with E-state index in [9.17, 15) is 4.79 Å². The number of nitrogens with zero attached hydrogens (tertiary/aromatic N) is 4. The lowest BCUT2D eigenvalue weighted by atomic mass is 10.0. The van der Waals surface area contributed by atoms with Crippen LogP contribution in [-0.2, 0) is 0 Å². The van der Waals surface area contributed by atoms with Gasteiger partial charge in [0.25, 0.3) is 0 Å². The second-order valence-corrected chi connectivity index (χ2v) is 8.21. The number of para-hydroxylation sites is 1. The highest BCUT2D eigenvalue weighted by Gasteiger charge is 2.24. The largest absolute Gasteiger partial charge is 0.457 e. The molecule has 0 unspecified atom stereocenters. The number of carbonyl (C=O) groups excluding carboxylic acids is 1. The van der Waals surface area contributed by atoms with E-state index in [1.165, 1.54) is 6.33 Å². The molecule has 1 aliphatic heterocycles. The first-order valence-corrected chi connectivity index (χ1v) is 10.8. The van der Waals surface area contributed by atoms with Crippen LogP contribution in [0.4, 0.5) is 5.82 Å². The van der Waals surface area contributed by atoms with Crippen molar-refractivity contribution in [2.75, 3.05) is 38.1 Å². The van der Waals surface area contributed by atoms with Crippen LogP contribution in [0, 0.1) is 0 Å². The van der Waals surface area contributed by atoms with E-state index in [4.69, 9.17) is 16.3 Å². The van der Waals surface area contributed by atoms with Crippen LogP contribution >= 0.6 is 11.6 Å². The summed E-state index contributed by atoms with van der Waals surface area (Å²) in [5.41, 5.74) is 1.55. The van der Waals surface area contributed by atoms with Gasteiger partial charge in [-0.3, -0.25) is 4.79 Å². The van der Waals surface area contributed by atoms with Crippen LogP contribution in [0.25, 0.3) is 11.0 Å². The molecular weight excluding hydrogens is 426 g/mol. The molecule has 162 valence electrons. The minimum Gasteiger partial charge on any atom is -0.457 e. The number of hydrogen-bond acceptors (Lipinski definition) is 6. The molecule has 32 heavy (non-hydrogen) atoms. The maximum atomic E-state index is 13.5. The van der Waals surface area contributed by atoms with Crippen molar-refractivity contribution in [3.63, 3.8) is 0 Å². The first kappa shape index (κ1) is 20.5. The van der Waals surface area contributed by atoms with Gasteiger partial charge < -0.3 is 19.5 Å². The Hall–Kier alpha value is -3.42. The van der Waals surface area contributed by atoms with Crippen LogP contribution in [0.5, 0.6) is 11.5 Å². The number of fused-ring (bicyclic) bond motifs is 1. The van der Waals surface area contributed by atoms with Crippen LogP contribution in [0.1, 0.15) is 15.9 Å². The van der Waals surface area contributed by atoms with Crippen LogP contribution < -0.4 is 9.64 Å². The van der Waals surface area contributed by atoms with Crippen molar-refractivity contribution in [3.05, 3.63) is 77.2 Å². The van der Waals surface area contributed by atoms with Crippen molar-refractivity contribution in [3.8, 4) is 11.5 Å². The van der Waals surface area contributed by atoms with Crippen molar-refractivity contribution in [1.82, 2.24) is 19.9 Å². The van der Waals surface area contributed by atoms with Gasteiger partial charge >= 0.3 is 0 Å². The number of likely N-dealkylation sites (N-methyl/N-ethyl adjacent to an activating group) is 1. The number of aromatic nitrogens is 3. The molecule has 2 aromatic carbocycles. The van der Waals surface area contributed by atoms with E-state index < -0.39 is 0 Å². The molecule has 5 rings (SSSR count). The van der Waals surface area contributed by atoms with Gasteiger partial charge in [0, 0.05) is 44.0 Å². The van der Waals surface area contributed by atoms with Crippen molar-refractivity contribution in [2.24, 2.45) is 0 Å². The summed E-state index contributed by atoms with van der Waals surface area (Å²) in [6, 6.07) is 14.5. The molecule has 1 fully saturated rings. The van der Waals surface area contributed by atoms with Gasteiger partial charge in [-0.1, -0.05) is 29.8 Å². The standard InChI is InChI=1S/C24H22ClN5O2/c1-29-9-11-30(12-10-29)24-21-19(14-26-23(21)27-15-28-24)22(31)18-8-7-17(13-20(18)25)32-16-5-3-2-4-6-16/h2-8,13-15H,9-12H2,1H3,(H,26,27,28). The fourth-order valence-corrected chi connectivity index (χ4v) is 4.15. The Morgan fingerprint density at radius 1 is 1.00 bits per heavy atom. The lowest BCUT2D eigenvalue weighted by Crippen LogP contribution is -2.45. The van der Waals surface area contributed by atoms with Gasteiger partial charge in [-0.05, 0) is 31.3 Å². The zero-order valence-electron chi connectivity index (χ0n) is 17.6. The summed E-state index contributed by atoms with van der Waals surface area (Å²) in [5, 5.41) is 1.05. The van der Waals surface area contributed by atoms with Crippen LogP contribution in [0.3, 0.4) is 0 Å². The van der Waals surface area contributed by atoms with Gasteiger partial charge in [-0.15, -0.1) is 0 Å². The average Bonchev–Trinajstić information content (AvgIpc) is 3.24. The SMILES string of the molecule is CN1CCN(c2ncnc3[nH]cc(C(=O)c4ccc(Oc5ccccc5)cc4Cl)c23)CC1. The van der Waals surface area contributed by atoms with Gasteiger partial charge in [-0.2, -0.15) is 0 Å². The van der Waals surface area contributed by atoms with Crippen molar-refractivity contribution in [1.29, 1.82) is 0 Å². The second kappa shape index (κ2) is 8.61. The highest BCUT2D eigenvalue weighted by molar-refractivity contribution is 6.35. The average molecular weight is 448 g/mol. The fraction of sp³-hybridized carbons (Fsp3) is 0.208. The number of nitrogens with one attached hydrogen (secondary N) is 1. The fourth-order valence-electron chi connectivity index (χ4n) is 3.90. The number of piperazine rings is 1. The quantitative estimate of drug-likeness (QED) is 0.457. The Kier molecular flexibility index (Phi) is 5.51. The van der Waals surface area contributed by atoms with E-state index in [0.29, 0.717) is 33.3 Å². The zero-order valence-corrected chi connectivity index (χ0v) is 18.3. The molecule has 1 saturated heterocycles. The third kappa shape index (κ3) is 3.92. The lowest BCUT2D eigenvalue weighted by Gasteiger charge is -2.33. The first-order valence-electron chi connectivity index (χ1n) is 10.4. The predicted molar refractivity (Wildman–Crippen MR) is 125 cm³/mol. The Labute approximate surface area is 190 Å². The number of anilines is 1. The van der Waals surface area contributed by atoms with Gasteiger partial charge in [0.1, 0.15) is 29.3 Å². The van der Waals surface area contributed by atoms with E-state index in [-0.39, 0.29) is 5.78 Å². The first-order chi connectivity index (χ1) is 15.6. The number of benzene rings is 2. The normalized spacial score (nSPS) is 14.6. The molecule has 8 heteroatoms. The number of rotatable bonds is 5. The molecule has 1 aliphatic rings. The Bertz CT molecular complexity index is 1270. The highest BCUT2D eigenvalue weighted by Crippen LogP contribution is 2.32. The van der Waals surface area contributed by atoms with E-state index >= 15 is 0 Å². The third-order valence-electron chi connectivity index (χ3n) is 5.66. The van der Waals surface area contributed by atoms with Gasteiger partial charge in [0.2, 0.25) is 0 Å². The Balaban J connectivity index is 1.47. The number of ketones is 1. The summed E-state index contributed by atoms with van der Waals surface area (Å²) in [4.78, 5) is 29.9. The maximum absolute atomic E-state index is 13.5. The van der Waals surface area contributed by atoms with Crippen LogP contribution in [0.2, 0.25) is 5.02 Å². The monoisotopic (exact) mass is 447 g/mol. The predicted octanol–water partition coefficient (Wildman–Crippen LogP) is 4.39. The summed E-state index contributed by atoms with van der Waals surface area (Å²) >= 11 is 6.50. The summed E-state index contributed by atoms with van der Waals surface area (Å²) in [6.07, 6.45) is 3.22. The topological polar surface area (TPSA) is 74.4 Å². The number of halogens is 1. The number of ether oxygens (including phenoxy) is 1. The molecule has 0 atom stereocenters. The minimum atomic E-state index is -0.183. The summed E-state index contributed by atoms with van der Waals surface area (Å²) in [7, 11) is 2.10. The molecular formula is C24H22ClN5O2. The lowest BCUT2D eigenvalue weighted by molar-refractivity contribution is 0.104. The molecule has 7 nitrogen and oxygen atoms in total. The van der Waals surface area contributed by atoms with Gasteiger partial charge in [0.05, 0.1) is 16.0 Å². The van der Waals surface area contributed by atoms with Crippen molar-refractivity contribution < 1.29 is 9.53 Å². The van der Waals surface area contributed by atoms with Gasteiger partial charge in [0.15, 0.2) is 5.78 Å². The molecule has 0 radical (unpaired) electrons. The molecule has 4 aromatic rings. The Morgan fingerprint density at radius 2 is 1.78 bits per heavy atom. The number of carbonyl (C=O) groups is 1. The minimum absolute atomic E-state index is 0.183. The summed E-state index contributed by atoms with van der Waals surface area (Å²) in [6.45, 7) is 3.56. The molecule has 0 aliphatic carbocycles. The van der Waals surface area contributed by atoms with E-state index in [0.717, 1.165) is 37.4 Å². The summed E-state index contributed by atoms with van der Waals surface area (Å²) in [5.74, 6) is 1.86. The van der Waals surface area contributed by atoms with Crippen molar-refractivity contribution in [2.45, 2.75) is 0 Å². The van der Waals surface area contributed by atoms with E-state index in [1.54, 1.807) is 24.4 Å². The smallest absolute Gasteiger partial charge is 0.196 e. The van der Waals surface area contributed by atoms with E-state index in [1.807, 2.05) is 30.3 Å². The molecule has 0 amide bonds. The molecule has 2 aromatic heterocycles. The molecule has 0 spiro atoms. The third-order valence-corrected chi connectivity index (χ3v) is 5.97. The highest BCUT2D eigenvalue weighted by atomic mass is 35.5. The van der Waals surface area contributed by atoms with Crippen LogP contribution in [0.15, 0.2) is 61.1 Å². The zero-order chi connectivity index (χ0) is 22.1. The molecule has 1 N–H and O–H groups in total. The van der Waals surface area contributed by atoms with Gasteiger partial charge in [-0.25, -0.2) is 9.97 Å². The molecule has 0 saturated carbocycles. The Morgan fingerprint density at radius 3 is 2.53 bits per heavy atom. The number of H-pyrrole nitrogens is 1. The van der Waals surface area contributed by atoms with E-state index in [2.05, 4.69) is 31.8 Å². The molecule has 0 bridgehead atoms. The molecule has 3 heterocycles. The second-order valence-electron chi connectivity index (χ2n) is 7.80. The van der Waals surface area contributed by atoms with Crippen molar-refractivity contribution >= 4 is 34.2 Å². The number of aromatic amines is 1. The number of hydrogen-bond donors (Lipinski definition) is 1. The maximum Gasteiger partial charge on any atom is 0.196 e.